The highest BCUT2D eigenvalue weighted by molar-refractivity contribution is 6.18. The van der Waals surface area contributed by atoms with Crippen LogP contribution < -0.4 is 0 Å². The van der Waals surface area contributed by atoms with E-state index in [0.29, 0.717) is 30.2 Å². The first-order valence-corrected chi connectivity index (χ1v) is 4.70. The van der Waals surface area contributed by atoms with Gasteiger partial charge in [-0.3, -0.25) is 4.79 Å². The molecule has 0 radical (unpaired) electrons. The number of halogens is 1. The maximum atomic E-state index is 11.3. The molecule has 3 heteroatoms. The molecule has 0 aromatic carbocycles. The van der Waals surface area contributed by atoms with E-state index in [1.807, 2.05) is 4.90 Å². The van der Waals surface area contributed by atoms with Gasteiger partial charge < -0.3 is 4.90 Å². The van der Waals surface area contributed by atoms with Gasteiger partial charge in [0.2, 0.25) is 5.91 Å². The molecule has 0 aromatic rings. The number of hydrogen-bond acceptors (Lipinski definition) is 1. The van der Waals surface area contributed by atoms with Gasteiger partial charge in [0.15, 0.2) is 0 Å². The lowest BCUT2D eigenvalue weighted by molar-refractivity contribution is -0.128. The lowest BCUT2D eigenvalue weighted by Crippen LogP contribution is -2.27. The Hall–Kier alpha value is -0.240. The van der Waals surface area contributed by atoms with Crippen LogP contribution in [0.3, 0.4) is 0 Å². The molecule has 1 aliphatic carbocycles. The number of amides is 1. The first-order valence-electron chi connectivity index (χ1n) is 4.16. The first kappa shape index (κ1) is 7.41. The summed E-state index contributed by atoms with van der Waals surface area (Å²) >= 11 is 5.68. The summed E-state index contributed by atoms with van der Waals surface area (Å²) in [6.45, 7) is 0.910. The van der Waals surface area contributed by atoms with Crippen molar-refractivity contribution in [2.24, 2.45) is 5.92 Å². The molecule has 0 N–H and O–H groups in total. The lowest BCUT2D eigenvalue weighted by Gasteiger charge is -2.14. The Kier molecular flexibility index (Phi) is 1.80. The summed E-state index contributed by atoms with van der Waals surface area (Å²) in [4.78, 5) is 13.3. The van der Waals surface area contributed by atoms with E-state index in [-0.39, 0.29) is 0 Å². The molecule has 1 saturated carbocycles. The summed E-state index contributed by atoms with van der Waals surface area (Å²) in [5, 5.41) is 0. The minimum Gasteiger partial charge on any atom is -0.339 e. The van der Waals surface area contributed by atoms with Gasteiger partial charge in [0.25, 0.3) is 0 Å². The van der Waals surface area contributed by atoms with Crippen LogP contribution in [0, 0.1) is 5.92 Å². The van der Waals surface area contributed by atoms with Crippen LogP contribution >= 0.6 is 11.6 Å². The molecule has 1 saturated heterocycles. The molecule has 2 aliphatic rings. The zero-order valence-electron chi connectivity index (χ0n) is 6.42. The molecular weight excluding hydrogens is 162 g/mol. The monoisotopic (exact) mass is 173 g/mol. The first-order chi connectivity index (χ1) is 5.31. The molecule has 62 valence electrons. The highest BCUT2D eigenvalue weighted by atomic mass is 35.5. The van der Waals surface area contributed by atoms with Gasteiger partial charge in [0, 0.05) is 24.9 Å². The quantitative estimate of drug-likeness (QED) is 0.576. The summed E-state index contributed by atoms with van der Waals surface area (Å²) in [5.41, 5.74) is 0. The second-order valence-electron chi connectivity index (χ2n) is 3.50. The van der Waals surface area contributed by atoms with Crippen molar-refractivity contribution in [2.75, 3.05) is 12.4 Å². The molecule has 0 aromatic heterocycles. The highest BCUT2D eigenvalue weighted by Crippen LogP contribution is 2.32. The van der Waals surface area contributed by atoms with Crippen LogP contribution in [0.5, 0.6) is 0 Å². The number of nitrogens with zero attached hydrogens (tertiary/aromatic N) is 1. The third-order valence-corrected chi connectivity index (χ3v) is 2.88. The van der Waals surface area contributed by atoms with E-state index >= 15 is 0 Å². The Morgan fingerprint density at radius 3 is 2.73 bits per heavy atom. The van der Waals surface area contributed by atoms with Crippen molar-refractivity contribution < 1.29 is 4.79 Å². The number of carbonyl (C=O) groups is 1. The minimum atomic E-state index is 0.318. The fourth-order valence-corrected chi connectivity index (χ4v) is 1.86. The predicted molar refractivity (Wildman–Crippen MR) is 43.6 cm³/mol. The van der Waals surface area contributed by atoms with Crippen molar-refractivity contribution in [3.05, 3.63) is 0 Å². The number of hydrogen-bond donors (Lipinski definition) is 0. The molecule has 2 rings (SSSR count). The molecule has 1 amide bonds. The molecule has 2 fully saturated rings. The highest BCUT2D eigenvalue weighted by Gasteiger charge is 2.38. The van der Waals surface area contributed by atoms with Crippen LogP contribution in [0.15, 0.2) is 0 Å². The Balaban J connectivity index is 1.96. The number of alkyl halides is 1. The van der Waals surface area contributed by atoms with Crippen molar-refractivity contribution >= 4 is 17.5 Å². The molecule has 1 heterocycles. The van der Waals surface area contributed by atoms with Crippen molar-refractivity contribution in [3.8, 4) is 0 Å². The van der Waals surface area contributed by atoms with E-state index in [0.717, 1.165) is 6.54 Å². The predicted octanol–water partition coefficient (Wildman–Crippen LogP) is 1.24. The lowest BCUT2D eigenvalue weighted by atomic mass is 10.1. The van der Waals surface area contributed by atoms with Gasteiger partial charge in [0.1, 0.15) is 0 Å². The summed E-state index contributed by atoms with van der Waals surface area (Å²) in [5.74, 6) is 1.37. The van der Waals surface area contributed by atoms with Gasteiger partial charge in [-0.05, 0) is 18.8 Å². The fourth-order valence-electron chi connectivity index (χ4n) is 1.65. The second-order valence-corrected chi connectivity index (χ2v) is 3.81. The standard InChI is InChI=1S/C8H12ClNO/c9-4-6-3-8(11)10(5-6)7-1-2-7/h6-7H,1-5H2. The van der Waals surface area contributed by atoms with E-state index in [4.69, 9.17) is 11.6 Å². The largest absolute Gasteiger partial charge is 0.339 e. The topological polar surface area (TPSA) is 20.3 Å². The normalized spacial score (nSPS) is 31.5. The Morgan fingerprint density at radius 1 is 1.55 bits per heavy atom. The molecule has 1 aliphatic heterocycles. The molecule has 1 atom stereocenters. The summed E-state index contributed by atoms with van der Waals surface area (Å²) < 4.78 is 0. The van der Waals surface area contributed by atoms with Gasteiger partial charge >= 0.3 is 0 Å². The van der Waals surface area contributed by atoms with E-state index in [1.54, 1.807) is 0 Å². The number of likely N-dealkylation sites (tertiary alicyclic amines) is 1. The average Bonchev–Trinajstić information content (AvgIpc) is 2.76. The Morgan fingerprint density at radius 2 is 2.27 bits per heavy atom. The molecule has 0 bridgehead atoms. The number of rotatable bonds is 2. The van der Waals surface area contributed by atoms with Crippen molar-refractivity contribution in [1.82, 2.24) is 4.90 Å². The second kappa shape index (κ2) is 2.67. The van der Waals surface area contributed by atoms with Crippen molar-refractivity contribution in [3.63, 3.8) is 0 Å². The van der Waals surface area contributed by atoms with Crippen LogP contribution in [0.4, 0.5) is 0 Å². The summed E-state index contributed by atoms with van der Waals surface area (Å²) in [6, 6.07) is 0.579. The molecule has 0 spiro atoms. The van der Waals surface area contributed by atoms with E-state index in [9.17, 15) is 4.79 Å². The molecular formula is C8H12ClNO. The van der Waals surface area contributed by atoms with Crippen molar-refractivity contribution in [2.45, 2.75) is 25.3 Å². The average molecular weight is 174 g/mol. The van der Waals surface area contributed by atoms with Crippen LogP contribution in [-0.2, 0) is 4.79 Å². The Bertz CT molecular complexity index is 179. The van der Waals surface area contributed by atoms with Crippen molar-refractivity contribution in [1.29, 1.82) is 0 Å². The van der Waals surface area contributed by atoms with E-state index < -0.39 is 0 Å². The van der Waals surface area contributed by atoms with Gasteiger partial charge in [-0.2, -0.15) is 0 Å². The summed E-state index contributed by atoms with van der Waals surface area (Å²) in [6.07, 6.45) is 3.10. The molecule has 11 heavy (non-hydrogen) atoms. The van der Waals surface area contributed by atoms with Gasteiger partial charge in [0.05, 0.1) is 0 Å². The van der Waals surface area contributed by atoms with Crippen LogP contribution in [0.2, 0.25) is 0 Å². The SMILES string of the molecule is O=C1CC(CCl)CN1C1CC1. The van der Waals surface area contributed by atoms with E-state index in [1.165, 1.54) is 12.8 Å². The zero-order chi connectivity index (χ0) is 7.84. The third-order valence-electron chi connectivity index (χ3n) is 2.44. The smallest absolute Gasteiger partial charge is 0.223 e. The minimum absolute atomic E-state index is 0.318. The molecule has 2 nitrogen and oxygen atoms in total. The van der Waals surface area contributed by atoms with Crippen LogP contribution in [0.25, 0.3) is 0 Å². The maximum Gasteiger partial charge on any atom is 0.223 e. The Labute approximate surface area is 71.5 Å². The van der Waals surface area contributed by atoms with Gasteiger partial charge in [-0.15, -0.1) is 11.6 Å². The maximum absolute atomic E-state index is 11.3. The van der Waals surface area contributed by atoms with Crippen LogP contribution in [0.1, 0.15) is 19.3 Å². The fraction of sp³-hybridized carbons (Fsp3) is 0.875. The van der Waals surface area contributed by atoms with Crippen LogP contribution in [-0.4, -0.2) is 29.3 Å². The third kappa shape index (κ3) is 1.36. The number of carbonyl (C=O) groups excluding carboxylic acids is 1. The summed E-state index contributed by atoms with van der Waals surface area (Å²) in [7, 11) is 0. The van der Waals surface area contributed by atoms with Gasteiger partial charge in [-0.25, -0.2) is 0 Å². The zero-order valence-corrected chi connectivity index (χ0v) is 7.18. The molecule has 1 unspecified atom stereocenters. The van der Waals surface area contributed by atoms with Gasteiger partial charge in [-0.1, -0.05) is 0 Å². The van der Waals surface area contributed by atoms with E-state index in [2.05, 4.69) is 0 Å².